The van der Waals surface area contributed by atoms with Gasteiger partial charge in [0.25, 0.3) is 0 Å². The highest BCUT2D eigenvalue weighted by molar-refractivity contribution is 5.73. The van der Waals surface area contributed by atoms with Crippen LogP contribution in [0.3, 0.4) is 0 Å². The first-order chi connectivity index (χ1) is 7.85. The van der Waals surface area contributed by atoms with Crippen LogP contribution in [0.5, 0.6) is 5.75 Å². The number of carbonyl (C=O) groups excluding carboxylic acids is 1. The number of hydrogen-bond donors (Lipinski definition) is 1. The lowest BCUT2D eigenvalue weighted by molar-refractivity contribution is 0.189. The van der Waals surface area contributed by atoms with E-state index in [0.29, 0.717) is 5.75 Å². The summed E-state index contributed by atoms with van der Waals surface area (Å²) in [7, 11) is 0. The molecule has 1 aliphatic heterocycles. The maximum absolute atomic E-state index is 11.2. The number of nitrogens with one attached hydrogen (secondary N) is 1. The van der Waals surface area contributed by atoms with E-state index in [-0.39, 0.29) is 11.5 Å². The first kappa shape index (κ1) is 12.0. The lowest BCUT2D eigenvalue weighted by atomic mass is 9.92. The van der Waals surface area contributed by atoms with E-state index in [2.05, 4.69) is 31.2 Å². The second-order valence-electron chi connectivity index (χ2n) is 5.71. The predicted octanol–water partition coefficient (Wildman–Crippen LogP) is 2.48. The van der Waals surface area contributed by atoms with Crippen molar-refractivity contribution in [3.8, 4) is 5.75 Å². The van der Waals surface area contributed by atoms with Crippen molar-refractivity contribution >= 4 is 6.09 Å². The predicted molar refractivity (Wildman–Crippen MR) is 63.9 cm³/mol. The molecule has 94 valence electrons. The van der Waals surface area contributed by atoms with Crippen LogP contribution < -0.4 is 10.1 Å². The Morgan fingerprint density at radius 2 is 2.24 bits per heavy atom. The van der Waals surface area contributed by atoms with Gasteiger partial charge in [-0.2, -0.15) is 5.10 Å². The largest absolute Gasteiger partial charge is 0.413 e. The summed E-state index contributed by atoms with van der Waals surface area (Å²) in [6.45, 7) is 9.32. The van der Waals surface area contributed by atoms with Crippen LogP contribution in [0.15, 0.2) is 6.20 Å². The average molecular weight is 237 g/mol. The quantitative estimate of drug-likeness (QED) is 0.859. The van der Waals surface area contributed by atoms with Crippen LogP contribution in [0.25, 0.3) is 0 Å². The maximum Gasteiger partial charge on any atom is 0.413 e. The molecule has 0 saturated carbocycles. The zero-order chi connectivity index (χ0) is 12.6. The van der Waals surface area contributed by atoms with Gasteiger partial charge in [-0.15, -0.1) is 0 Å². The van der Waals surface area contributed by atoms with Crippen molar-refractivity contribution in [3.05, 3.63) is 11.9 Å². The van der Waals surface area contributed by atoms with Crippen molar-refractivity contribution < 1.29 is 9.53 Å². The Balaban J connectivity index is 2.12. The van der Waals surface area contributed by atoms with Gasteiger partial charge in [-0.1, -0.05) is 20.8 Å². The van der Waals surface area contributed by atoms with Crippen LogP contribution in [-0.4, -0.2) is 15.9 Å². The molecule has 0 aromatic carbocycles. The number of aryl methyl sites for hydroxylation is 1. The Morgan fingerprint density at radius 3 is 2.88 bits per heavy atom. The molecule has 1 unspecified atom stereocenters. The van der Waals surface area contributed by atoms with E-state index in [1.807, 2.05) is 11.6 Å². The van der Waals surface area contributed by atoms with Gasteiger partial charge in [-0.05, 0) is 18.8 Å². The average Bonchev–Trinajstić information content (AvgIpc) is 2.56. The van der Waals surface area contributed by atoms with Gasteiger partial charge < -0.3 is 10.1 Å². The molecule has 0 bridgehead atoms. The minimum atomic E-state index is -0.402. The minimum Gasteiger partial charge on any atom is -0.407 e. The summed E-state index contributed by atoms with van der Waals surface area (Å²) in [5.74, 6) is 0.579. The van der Waals surface area contributed by atoms with E-state index in [1.165, 1.54) is 0 Å². The molecule has 2 rings (SSSR count). The van der Waals surface area contributed by atoms with E-state index >= 15 is 0 Å². The maximum atomic E-state index is 11.2. The molecule has 2 heterocycles. The molecule has 5 heteroatoms. The number of ether oxygens (including phenoxy) is 1. The summed E-state index contributed by atoms with van der Waals surface area (Å²) in [6, 6.07) is -0.0814. The van der Waals surface area contributed by atoms with Crippen LogP contribution in [-0.2, 0) is 6.54 Å². The van der Waals surface area contributed by atoms with Crippen molar-refractivity contribution in [3.63, 3.8) is 0 Å². The standard InChI is InChI=1S/C12H19N3O2/c1-8-10-9(17-11(16)13-8)7-15(14-10)6-5-12(2,3)4/h7-8H,5-6H2,1-4H3,(H,13,16). The summed E-state index contributed by atoms with van der Waals surface area (Å²) < 4.78 is 6.94. The highest BCUT2D eigenvalue weighted by Gasteiger charge is 2.26. The van der Waals surface area contributed by atoms with Gasteiger partial charge in [0.1, 0.15) is 5.69 Å². The molecule has 0 saturated heterocycles. The summed E-state index contributed by atoms with van der Waals surface area (Å²) in [6.07, 6.45) is 2.43. The first-order valence-corrected chi connectivity index (χ1v) is 5.91. The highest BCUT2D eigenvalue weighted by atomic mass is 16.6. The summed E-state index contributed by atoms with van der Waals surface area (Å²) in [5, 5.41) is 7.13. The summed E-state index contributed by atoms with van der Waals surface area (Å²) in [5.41, 5.74) is 1.08. The van der Waals surface area contributed by atoms with E-state index < -0.39 is 6.09 Å². The molecule has 0 radical (unpaired) electrons. The third-order valence-electron chi connectivity index (χ3n) is 2.79. The molecule has 1 aromatic heterocycles. The number of rotatable bonds is 2. The fourth-order valence-electron chi connectivity index (χ4n) is 1.74. The van der Waals surface area contributed by atoms with Crippen molar-refractivity contribution in [1.82, 2.24) is 15.1 Å². The molecule has 5 nitrogen and oxygen atoms in total. The van der Waals surface area contributed by atoms with Gasteiger partial charge in [0.2, 0.25) is 0 Å². The first-order valence-electron chi connectivity index (χ1n) is 5.91. The SMILES string of the molecule is CC1NC(=O)Oc2cn(CCC(C)(C)C)nc21. The van der Waals surface area contributed by atoms with Crippen LogP contribution in [0.2, 0.25) is 0 Å². The Bertz CT molecular complexity index is 431. The lowest BCUT2D eigenvalue weighted by Gasteiger charge is -2.18. The van der Waals surface area contributed by atoms with Gasteiger partial charge >= 0.3 is 6.09 Å². The number of fused-ring (bicyclic) bond motifs is 1. The molecule has 1 N–H and O–H groups in total. The topological polar surface area (TPSA) is 56.1 Å². The Morgan fingerprint density at radius 1 is 1.53 bits per heavy atom. The molecule has 1 aromatic rings. The molecule has 0 aliphatic carbocycles. The normalized spacial score (nSPS) is 19.5. The highest BCUT2D eigenvalue weighted by Crippen LogP contribution is 2.28. The van der Waals surface area contributed by atoms with Crippen LogP contribution >= 0.6 is 0 Å². The van der Waals surface area contributed by atoms with Gasteiger partial charge in [-0.25, -0.2) is 4.79 Å². The van der Waals surface area contributed by atoms with E-state index in [1.54, 1.807) is 6.20 Å². The minimum absolute atomic E-state index is 0.0814. The van der Waals surface area contributed by atoms with E-state index in [4.69, 9.17) is 4.74 Å². The van der Waals surface area contributed by atoms with E-state index in [0.717, 1.165) is 18.7 Å². The number of nitrogens with zero attached hydrogens (tertiary/aromatic N) is 2. The smallest absolute Gasteiger partial charge is 0.407 e. The van der Waals surface area contributed by atoms with Gasteiger partial charge in [0, 0.05) is 6.54 Å². The molecule has 0 fully saturated rings. The molecular formula is C12H19N3O2. The Hall–Kier alpha value is -1.52. The monoisotopic (exact) mass is 237 g/mol. The third-order valence-corrected chi connectivity index (χ3v) is 2.79. The number of hydrogen-bond acceptors (Lipinski definition) is 3. The zero-order valence-electron chi connectivity index (χ0n) is 10.8. The number of carbonyl (C=O) groups is 1. The zero-order valence-corrected chi connectivity index (χ0v) is 10.8. The fourth-order valence-corrected chi connectivity index (χ4v) is 1.74. The molecule has 17 heavy (non-hydrogen) atoms. The van der Waals surface area contributed by atoms with Crippen LogP contribution in [0, 0.1) is 5.41 Å². The lowest BCUT2D eigenvalue weighted by Crippen LogP contribution is -2.34. The molecule has 1 amide bonds. The van der Waals surface area contributed by atoms with Crippen molar-refractivity contribution in [1.29, 1.82) is 0 Å². The van der Waals surface area contributed by atoms with Crippen molar-refractivity contribution in [2.75, 3.05) is 0 Å². The van der Waals surface area contributed by atoms with Crippen LogP contribution in [0.4, 0.5) is 4.79 Å². The van der Waals surface area contributed by atoms with Crippen molar-refractivity contribution in [2.24, 2.45) is 5.41 Å². The van der Waals surface area contributed by atoms with Gasteiger partial charge in [-0.3, -0.25) is 4.68 Å². The molecule has 1 atom stereocenters. The number of aromatic nitrogens is 2. The van der Waals surface area contributed by atoms with Crippen LogP contribution in [0.1, 0.15) is 45.9 Å². The molecular weight excluding hydrogens is 218 g/mol. The summed E-state index contributed by atoms with van der Waals surface area (Å²) >= 11 is 0. The molecule has 1 aliphatic rings. The fraction of sp³-hybridized carbons (Fsp3) is 0.667. The Kier molecular flexibility index (Phi) is 2.85. The number of amides is 1. The molecule has 0 spiro atoms. The Labute approximate surface area is 101 Å². The van der Waals surface area contributed by atoms with Gasteiger partial charge in [0.15, 0.2) is 5.75 Å². The van der Waals surface area contributed by atoms with Gasteiger partial charge in [0.05, 0.1) is 12.2 Å². The second-order valence-corrected chi connectivity index (χ2v) is 5.71. The third kappa shape index (κ3) is 2.78. The van der Waals surface area contributed by atoms with E-state index in [9.17, 15) is 4.79 Å². The second kappa shape index (κ2) is 4.05. The summed E-state index contributed by atoms with van der Waals surface area (Å²) in [4.78, 5) is 11.2. The van der Waals surface area contributed by atoms with Crippen molar-refractivity contribution in [2.45, 2.75) is 46.7 Å².